The molecule has 0 atom stereocenters. The van der Waals surface area contributed by atoms with Gasteiger partial charge >= 0.3 is 5.97 Å². The first-order chi connectivity index (χ1) is 12.5. The number of carbonyl (C=O) groups is 2. The number of hydrogen-bond donors (Lipinski definition) is 2. The Balaban J connectivity index is 2.09. The minimum atomic E-state index is -3.98. The molecule has 144 valence electrons. The van der Waals surface area contributed by atoms with E-state index in [9.17, 15) is 18.0 Å². The number of sulfonamides is 1. The normalized spacial score (nSPS) is 11.1. The number of aryl methyl sites for hydroxylation is 3. The van der Waals surface area contributed by atoms with Crippen LogP contribution in [-0.2, 0) is 19.6 Å². The summed E-state index contributed by atoms with van der Waals surface area (Å²) in [6.07, 6.45) is 0. The maximum Gasteiger partial charge on any atom is 0.338 e. The number of rotatable bonds is 5. The van der Waals surface area contributed by atoms with Crippen molar-refractivity contribution in [3.63, 3.8) is 0 Å². The van der Waals surface area contributed by atoms with Crippen LogP contribution in [0.5, 0.6) is 0 Å². The lowest BCUT2D eigenvalue weighted by Crippen LogP contribution is -2.21. The molecule has 27 heavy (non-hydrogen) atoms. The van der Waals surface area contributed by atoms with Gasteiger partial charge in [0.2, 0.25) is 10.0 Å². The van der Waals surface area contributed by atoms with E-state index in [1.807, 2.05) is 19.9 Å². The number of carbonyl (C=O) groups excluding carboxylic acids is 2. The zero-order valence-electron chi connectivity index (χ0n) is 15.6. The van der Waals surface area contributed by atoms with Gasteiger partial charge in [-0.3, -0.25) is 4.79 Å². The molecule has 0 bridgehead atoms. The highest BCUT2D eigenvalue weighted by Gasteiger charge is 2.19. The Morgan fingerprint density at radius 3 is 2.15 bits per heavy atom. The molecule has 7 nitrogen and oxygen atoms in total. The summed E-state index contributed by atoms with van der Waals surface area (Å²) in [5.74, 6) is -1.30. The number of benzene rings is 2. The van der Waals surface area contributed by atoms with E-state index in [2.05, 4.69) is 5.32 Å². The van der Waals surface area contributed by atoms with Gasteiger partial charge in [-0.25, -0.2) is 18.4 Å². The minimum absolute atomic E-state index is 0.0151. The summed E-state index contributed by atoms with van der Waals surface area (Å²) in [7, 11) is -3.98. The third kappa shape index (κ3) is 5.38. The molecule has 0 unspecified atom stereocenters. The first-order valence-corrected chi connectivity index (χ1v) is 9.71. The van der Waals surface area contributed by atoms with E-state index in [1.165, 1.54) is 6.07 Å². The molecule has 0 spiro atoms. The SMILES string of the molecule is Cc1cc(C)cc(NC(=O)COC(=O)c2cc(C)c(C)c(S(N)(=O)=O)c2)c1. The van der Waals surface area contributed by atoms with Gasteiger partial charge in [-0.05, 0) is 74.2 Å². The van der Waals surface area contributed by atoms with Gasteiger partial charge in [0.05, 0.1) is 10.5 Å². The molecule has 0 radical (unpaired) electrons. The van der Waals surface area contributed by atoms with Crippen LogP contribution in [0.3, 0.4) is 0 Å². The van der Waals surface area contributed by atoms with Crippen LogP contribution in [0.1, 0.15) is 32.6 Å². The highest BCUT2D eigenvalue weighted by molar-refractivity contribution is 7.89. The van der Waals surface area contributed by atoms with Crippen molar-refractivity contribution in [1.29, 1.82) is 0 Å². The third-order valence-corrected chi connectivity index (χ3v) is 5.04. The number of primary sulfonamides is 1. The van der Waals surface area contributed by atoms with Gasteiger partial charge in [0.15, 0.2) is 6.61 Å². The monoisotopic (exact) mass is 390 g/mol. The highest BCUT2D eigenvalue weighted by Crippen LogP contribution is 2.20. The number of esters is 1. The minimum Gasteiger partial charge on any atom is -0.452 e. The standard InChI is InChI=1S/C19H22N2O5S/c1-11-5-12(2)7-16(6-11)21-18(22)10-26-19(23)15-8-13(3)14(4)17(9-15)27(20,24)25/h5-9H,10H2,1-4H3,(H,21,22)(H2,20,24,25). The molecule has 0 aliphatic heterocycles. The summed E-state index contributed by atoms with van der Waals surface area (Å²) >= 11 is 0. The van der Waals surface area contributed by atoms with Gasteiger partial charge < -0.3 is 10.1 Å². The molecule has 2 rings (SSSR count). The van der Waals surface area contributed by atoms with Crippen LogP contribution in [-0.4, -0.2) is 26.9 Å². The van der Waals surface area contributed by atoms with Crippen molar-refractivity contribution in [2.75, 3.05) is 11.9 Å². The largest absolute Gasteiger partial charge is 0.452 e. The number of nitrogens with two attached hydrogens (primary N) is 1. The first kappa shape index (κ1) is 20.6. The third-order valence-electron chi connectivity index (χ3n) is 4.00. The van der Waals surface area contributed by atoms with Crippen molar-refractivity contribution in [1.82, 2.24) is 0 Å². The molecule has 0 saturated carbocycles. The average Bonchev–Trinajstić information content (AvgIpc) is 2.52. The van der Waals surface area contributed by atoms with Crippen LogP contribution in [0.15, 0.2) is 35.2 Å². The van der Waals surface area contributed by atoms with Crippen LogP contribution in [0.2, 0.25) is 0 Å². The van der Waals surface area contributed by atoms with E-state index in [-0.39, 0.29) is 10.5 Å². The predicted molar refractivity (Wildman–Crippen MR) is 102 cm³/mol. The number of anilines is 1. The fraction of sp³-hybridized carbons (Fsp3) is 0.263. The Morgan fingerprint density at radius 1 is 1.00 bits per heavy atom. The Hall–Kier alpha value is -2.71. The van der Waals surface area contributed by atoms with Crippen molar-refractivity contribution in [3.05, 3.63) is 58.1 Å². The number of amides is 1. The Bertz CT molecular complexity index is 993. The summed E-state index contributed by atoms with van der Waals surface area (Å²) in [4.78, 5) is 24.1. The maximum atomic E-state index is 12.2. The quantitative estimate of drug-likeness (QED) is 0.761. The fourth-order valence-corrected chi connectivity index (χ4v) is 3.58. The van der Waals surface area contributed by atoms with E-state index in [0.717, 1.165) is 17.2 Å². The zero-order chi connectivity index (χ0) is 20.4. The van der Waals surface area contributed by atoms with Crippen LogP contribution in [0.4, 0.5) is 5.69 Å². The molecule has 3 N–H and O–H groups in total. The van der Waals surface area contributed by atoms with Gasteiger partial charge in [-0.1, -0.05) is 6.07 Å². The summed E-state index contributed by atoms with van der Waals surface area (Å²) in [5.41, 5.74) is 3.65. The van der Waals surface area contributed by atoms with Crippen molar-refractivity contribution in [2.24, 2.45) is 5.14 Å². The average molecular weight is 390 g/mol. The maximum absolute atomic E-state index is 12.2. The lowest BCUT2D eigenvalue weighted by molar-refractivity contribution is -0.119. The Labute approximate surface area is 158 Å². The summed E-state index contributed by atoms with van der Waals surface area (Å²) in [5, 5.41) is 7.84. The highest BCUT2D eigenvalue weighted by atomic mass is 32.2. The zero-order valence-corrected chi connectivity index (χ0v) is 16.4. The first-order valence-electron chi connectivity index (χ1n) is 8.16. The molecule has 0 aliphatic rings. The molecule has 0 fully saturated rings. The Morgan fingerprint density at radius 2 is 1.59 bits per heavy atom. The summed E-state index contributed by atoms with van der Waals surface area (Å²) < 4.78 is 28.3. The van der Waals surface area contributed by atoms with Crippen molar-refractivity contribution in [2.45, 2.75) is 32.6 Å². The molecule has 2 aromatic rings. The van der Waals surface area contributed by atoms with Crippen LogP contribution in [0.25, 0.3) is 0 Å². The molecule has 0 aromatic heterocycles. The predicted octanol–water partition coefficient (Wildman–Crippen LogP) is 2.36. The van der Waals surface area contributed by atoms with Crippen LogP contribution in [0, 0.1) is 27.7 Å². The van der Waals surface area contributed by atoms with Crippen molar-refractivity contribution in [3.8, 4) is 0 Å². The molecule has 0 saturated heterocycles. The molecule has 2 aromatic carbocycles. The smallest absolute Gasteiger partial charge is 0.338 e. The van der Waals surface area contributed by atoms with E-state index in [0.29, 0.717) is 16.8 Å². The number of nitrogens with one attached hydrogen (secondary N) is 1. The number of hydrogen-bond acceptors (Lipinski definition) is 5. The lowest BCUT2D eigenvalue weighted by atomic mass is 10.1. The Kier molecular flexibility index (Phi) is 6.02. The molecule has 0 aliphatic carbocycles. The molecule has 8 heteroatoms. The second-order valence-electron chi connectivity index (χ2n) is 6.46. The van der Waals surface area contributed by atoms with Crippen LogP contribution >= 0.6 is 0 Å². The number of ether oxygens (including phenoxy) is 1. The second kappa shape index (κ2) is 7.89. The summed E-state index contributed by atoms with van der Waals surface area (Å²) in [6, 6.07) is 8.22. The van der Waals surface area contributed by atoms with E-state index < -0.39 is 28.5 Å². The summed E-state index contributed by atoms with van der Waals surface area (Å²) in [6.45, 7) is 6.58. The molecular weight excluding hydrogens is 368 g/mol. The van der Waals surface area contributed by atoms with E-state index >= 15 is 0 Å². The van der Waals surface area contributed by atoms with Crippen molar-refractivity contribution < 1.29 is 22.7 Å². The van der Waals surface area contributed by atoms with Gasteiger partial charge in [-0.2, -0.15) is 0 Å². The van der Waals surface area contributed by atoms with Gasteiger partial charge in [0.25, 0.3) is 5.91 Å². The second-order valence-corrected chi connectivity index (χ2v) is 7.99. The topological polar surface area (TPSA) is 116 Å². The van der Waals surface area contributed by atoms with Gasteiger partial charge in [0, 0.05) is 5.69 Å². The van der Waals surface area contributed by atoms with Gasteiger partial charge in [-0.15, -0.1) is 0 Å². The molecule has 1 amide bonds. The fourth-order valence-electron chi connectivity index (χ4n) is 2.70. The molecule has 0 heterocycles. The van der Waals surface area contributed by atoms with Crippen LogP contribution < -0.4 is 10.5 Å². The lowest BCUT2D eigenvalue weighted by Gasteiger charge is -2.11. The molecular formula is C19H22N2O5S. The van der Waals surface area contributed by atoms with Gasteiger partial charge in [0.1, 0.15) is 0 Å². The van der Waals surface area contributed by atoms with E-state index in [4.69, 9.17) is 9.88 Å². The van der Waals surface area contributed by atoms with E-state index in [1.54, 1.807) is 26.0 Å². The van der Waals surface area contributed by atoms with Crippen molar-refractivity contribution >= 4 is 27.6 Å².